The van der Waals surface area contributed by atoms with Crippen molar-refractivity contribution in [1.82, 2.24) is 0 Å². The first-order valence-electron chi connectivity index (χ1n) is 18.4. The van der Waals surface area contributed by atoms with Gasteiger partial charge in [0.25, 0.3) is 0 Å². The standard InChI is InChI=1S/C38H62O10/c1-18(2)25-27(42)29(44)31-35(25,6)14-15-37(8)21-10-11-24-34(4,5)32(48-33-30(45)28(43)26(41)23(17-39)47-33)22(46-19(3)40)16-36(24,7)20(21)12-13-38(31,37)9/h12,18,21-33,39,41-45H,10-11,13-17H2,1-9H3/t21-,22-,23+,24+,25+,26+,27+,28-,29-,30+,31-,32+,33-,35+,36+,37-,38+/m1/s1. The van der Waals surface area contributed by atoms with Crippen molar-refractivity contribution in [2.75, 3.05) is 6.61 Å². The summed E-state index contributed by atoms with van der Waals surface area (Å²) in [6.45, 7) is 18.8. The molecule has 10 nitrogen and oxygen atoms in total. The Kier molecular flexibility index (Phi) is 9.15. The lowest BCUT2D eigenvalue weighted by Gasteiger charge is -2.69. The molecule has 0 amide bonds. The number of hydrogen-bond donors (Lipinski definition) is 6. The zero-order valence-electron chi connectivity index (χ0n) is 30.4. The predicted octanol–water partition coefficient (Wildman–Crippen LogP) is 3.33. The molecule has 0 bridgehead atoms. The molecule has 0 radical (unpaired) electrons. The van der Waals surface area contributed by atoms with Crippen LogP contribution in [-0.4, -0.2) is 98.3 Å². The lowest BCUT2D eigenvalue weighted by Crippen LogP contribution is -2.66. The smallest absolute Gasteiger partial charge is 0.302 e. The van der Waals surface area contributed by atoms with Gasteiger partial charge in [-0.05, 0) is 95.2 Å². The van der Waals surface area contributed by atoms with Crippen LogP contribution in [0.15, 0.2) is 11.6 Å². The molecule has 274 valence electrons. The van der Waals surface area contributed by atoms with Crippen LogP contribution in [0.4, 0.5) is 0 Å². The largest absolute Gasteiger partial charge is 0.460 e. The molecule has 17 atom stereocenters. The van der Waals surface area contributed by atoms with Gasteiger partial charge in [0, 0.05) is 6.92 Å². The van der Waals surface area contributed by atoms with E-state index in [2.05, 4.69) is 61.5 Å². The molecule has 6 aliphatic rings. The van der Waals surface area contributed by atoms with Gasteiger partial charge in [0.1, 0.15) is 36.6 Å². The van der Waals surface area contributed by atoms with Gasteiger partial charge in [-0.1, -0.05) is 67.0 Å². The predicted molar refractivity (Wildman–Crippen MR) is 177 cm³/mol. The quantitative estimate of drug-likeness (QED) is 0.144. The molecule has 1 aliphatic heterocycles. The fraction of sp³-hybridized carbons (Fsp3) is 0.921. The Hall–Kier alpha value is -1.11. The van der Waals surface area contributed by atoms with Crippen molar-refractivity contribution in [3.05, 3.63) is 11.6 Å². The second-order valence-electron chi connectivity index (χ2n) is 18.5. The van der Waals surface area contributed by atoms with Gasteiger partial charge in [0.05, 0.1) is 18.8 Å². The molecule has 1 saturated heterocycles. The molecule has 1 heterocycles. The van der Waals surface area contributed by atoms with Gasteiger partial charge in [0.2, 0.25) is 0 Å². The van der Waals surface area contributed by atoms with E-state index in [4.69, 9.17) is 14.2 Å². The third-order valence-electron chi connectivity index (χ3n) is 15.5. The third-order valence-corrected chi connectivity index (χ3v) is 15.5. The van der Waals surface area contributed by atoms with Crippen LogP contribution in [0.2, 0.25) is 0 Å². The fourth-order valence-corrected chi connectivity index (χ4v) is 13.4. The van der Waals surface area contributed by atoms with E-state index >= 15 is 0 Å². The summed E-state index contributed by atoms with van der Waals surface area (Å²) < 4.78 is 18.3. The van der Waals surface area contributed by atoms with Crippen LogP contribution in [0.5, 0.6) is 0 Å². The maximum Gasteiger partial charge on any atom is 0.302 e. The number of allylic oxidation sites excluding steroid dienone is 2. The number of ether oxygens (including phenoxy) is 3. The van der Waals surface area contributed by atoms with Gasteiger partial charge in [0.15, 0.2) is 6.29 Å². The van der Waals surface area contributed by atoms with Crippen molar-refractivity contribution in [2.45, 2.75) is 156 Å². The van der Waals surface area contributed by atoms with Crippen LogP contribution in [0.3, 0.4) is 0 Å². The normalized spacial score (nSPS) is 54.4. The fourth-order valence-electron chi connectivity index (χ4n) is 13.4. The lowest BCUT2D eigenvalue weighted by atomic mass is 9.35. The summed E-state index contributed by atoms with van der Waals surface area (Å²) in [7, 11) is 0. The number of esters is 1. The Labute approximate surface area is 286 Å². The summed E-state index contributed by atoms with van der Waals surface area (Å²) in [5.41, 5.74) is 0.0207. The molecule has 6 rings (SSSR count). The molecule has 5 aliphatic carbocycles. The second kappa shape index (κ2) is 12.0. The van der Waals surface area contributed by atoms with E-state index in [1.165, 1.54) is 12.5 Å². The van der Waals surface area contributed by atoms with Crippen molar-refractivity contribution in [3.8, 4) is 0 Å². The molecule has 4 saturated carbocycles. The number of rotatable bonds is 5. The summed E-state index contributed by atoms with van der Waals surface area (Å²) in [5.74, 6) is 0.234. The lowest BCUT2D eigenvalue weighted by molar-refractivity contribution is -0.336. The van der Waals surface area contributed by atoms with Gasteiger partial charge in [-0.2, -0.15) is 0 Å². The van der Waals surface area contributed by atoms with E-state index in [0.29, 0.717) is 6.42 Å². The molecular weight excluding hydrogens is 616 g/mol. The minimum Gasteiger partial charge on any atom is -0.460 e. The highest BCUT2D eigenvalue weighted by Gasteiger charge is 2.73. The Morgan fingerprint density at radius 3 is 2.19 bits per heavy atom. The summed E-state index contributed by atoms with van der Waals surface area (Å²) in [6, 6.07) is 0. The van der Waals surface area contributed by atoms with Crippen LogP contribution in [0.25, 0.3) is 0 Å². The molecule has 0 aromatic carbocycles. The Bertz CT molecular complexity index is 1280. The highest BCUT2D eigenvalue weighted by molar-refractivity contribution is 5.66. The minimum atomic E-state index is -1.57. The minimum absolute atomic E-state index is 0.0256. The molecule has 0 unspecified atom stereocenters. The van der Waals surface area contributed by atoms with Gasteiger partial charge in [-0.25, -0.2) is 0 Å². The van der Waals surface area contributed by atoms with Crippen LogP contribution < -0.4 is 0 Å². The average Bonchev–Trinajstić information content (AvgIpc) is 3.20. The van der Waals surface area contributed by atoms with Crippen molar-refractivity contribution >= 4 is 5.97 Å². The summed E-state index contributed by atoms with van der Waals surface area (Å²) in [5, 5.41) is 64.7. The number of aliphatic hydroxyl groups is 6. The van der Waals surface area contributed by atoms with E-state index in [0.717, 1.165) is 32.1 Å². The van der Waals surface area contributed by atoms with Gasteiger partial charge >= 0.3 is 5.97 Å². The third kappa shape index (κ3) is 4.90. The molecular formula is C38H62O10. The first-order chi connectivity index (χ1) is 22.2. The second-order valence-corrected chi connectivity index (χ2v) is 18.5. The number of carbonyl (C=O) groups is 1. The number of fused-ring (bicyclic) bond motifs is 7. The van der Waals surface area contributed by atoms with Crippen molar-refractivity contribution < 1.29 is 49.6 Å². The molecule has 10 heteroatoms. The monoisotopic (exact) mass is 678 g/mol. The Morgan fingerprint density at radius 2 is 1.58 bits per heavy atom. The zero-order chi connectivity index (χ0) is 35.5. The molecule has 0 aromatic rings. The molecule has 0 aromatic heterocycles. The first kappa shape index (κ1) is 36.7. The number of carbonyl (C=O) groups excluding carboxylic acids is 1. The first-order valence-corrected chi connectivity index (χ1v) is 18.4. The van der Waals surface area contributed by atoms with Crippen LogP contribution in [0.1, 0.15) is 101 Å². The van der Waals surface area contributed by atoms with Gasteiger partial charge in [-0.15, -0.1) is 0 Å². The average molecular weight is 679 g/mol. The van der Waals surface area contributed by atoms with Crippen molar-refractivity contribution in [1.29, 1.82) is 0 Å². The molecule has 48 heavy (non-hydrogen) atoms. The summed E-state index contributed by atoms with van der Waals surface area (Å²) in [6.07, 6.45) is -2.37. The molecule has 6 N–H and O–H groups in total. The van der Waals surface area contributed by atoms with Crippen molar-refractivity contribution in [3.63, 3.8) is 0 Å². The number of hydrogen-bond acceptors (Lipinski definition) is 10. The SMILES string of the molecule is CC(=O)O[C@@H]1C[C@@]2(C)C3=CC[C@@]4(C)[C@@H]5[C@H](O)[C@@H](O)[C@H](C(C)C)[C@]5(C)CC[C@]4(C)[C@@H]3CC[C@H]2C(C)(C)[C@H]1O[C@H]1O[C@@H](CO)[C@H](O)[C@@H](O)[C@@H]1O. The number of aliphatic hydroxyl groups excluding tert-OH is 6. The van der Waals surface area contributed by atoms with Crippen LogP contribution >= 0.6 is 0 Å². The summed E-state index contributed by atoms with van der Waals surface area (Å²) >= 11 is 0. The summed E-state index contributed by atoms with van der Waals surface area (Å²) in [4.78, 5) is 12.6. The highest BCUT2D eigenvalue weighted by Crippen LogP contribution is 2.76. The maximum absolute atomic E-state index is 12.6. The molecule has 0 spiro atoms. The Balaban J connectivity index is 1.36. The van der Waals surface area contributed by atoms with Gasteiger partial charge in [-0.3, -0.25) is 4.79 Å². The maximum atomic E-state index is 12.6. The van der Waals surface area contributed by atoms with Crippen LogP contribution in [0, 0.1) is 56.7 Å². The van der Waals surface area contributed by atoms with E-state index in [1.807, 2.05) is 0 Å². The topological polar surface area (TPSA) is 166 Å². The van der Waals surface area contributed by atoms with E-state index in [-0.39, 0.29) is 51.2 Å². The van der Waals surface area contributed by atoms with Crippen molar-refractivity contribution in [2.24, 2.45) is 56.7 Å². The molecule has 5 fully saturated rings. The zero-order valence-corrected chi connectivity index (χ0v) is 30.4. The van der Waals surface area contributed by atoms with E-state index < -0.39 is 73.1 Å². The van der Waals surface area contributed by atoms with Gasteiger partial charge < -0.3 is 44.8 Å². The Morgan fingerprint density at radius 1 is 0.917 bits per heavy atom. The van der Waals surface area contributed by atoms with E-state index in [9.17, 15) is 35.4 Å². The highest BCUT2D eigenvalue weighted by atomic mass is 16.7. The van der Waals surface area contributed by atoms with Crippen LogP contribution in [-0.2, 0) is 19.0 Å². The van der Waals surface area contributed by atoms with E-state index in [1.54, 1.807) is 0 Å².